The highest BCUT2D eigenvalue weighted by Gasteiger charge is 2.35. The van der Waals surface area contributed by atoms with E-state index in [2.05, 4.69) is 30.9 Å². The second-order valence-corrected chi connectivity index (χ2v) is 7.71. The minimum Gasteiger partial charge on any atom is -0.469 e. The van der Waals surface area contributed by atoms with Crippen LogP contribution in [0.1, 0.15) is 13.8 Å². The average molecular weight is 361 g/mol. The predicted molar refractivity (Wildman–Crippen MR) is 102 cm³/mol. The van der Waals surface area contributed by atoms with Crippen molar-refractivity contribution in [3.8, 4) is 0 Å². The number of amides is 1. The van der Waals surface area contributed by atoms with E-state index < -0.39 is 0 Å². The summed E-state index contributed by atoms with van der Waals surface area (Å²) < 4.78 is 6.60. The second kappa shape index (κ2) is 6.61. The fourth-order valence-electron chi connectivity index (χ4n) is 2.76. The van der Waals surface area contributed by atoms with Crippen LogP contribution in [0.2, 0.25) is 0 Å². The largest absolute Gasteiger partial charge is 0.469 e. The number of nitrogens with zero attached hydrogens (tertiary/aromatic N) is 2. The third-order valence-electron chi connectivity index (χ3n) is 4.43. The maximum atomic E-state index is 11.9. The van der Waals surface area contributed by atoms with Gasteiger partial charge in [-0.25, -0.2) is 0 Å². The van der Waals surface area contributed by atoms with E-state index in [0.29, 0.717) is 9.23 Å². The monoisotopic (exact) mass is 360 g/mol. The van der Waals surface area contributed by atoms with Crippen LogP contribution in [0.15, 0.2) is 58.4 Å². The Hall–Kier alpha value is -1.79. The van der Waals surface area contributed by atoms with Crippen LogP contribution in [0.25, 0.3) is 0 Å². The van der Waals surface area contributed by atoms with Crippen molar-refractivity contribution in [2.24, 2.45) is 0 Å². The summed E-state index contributed by atoms with van der Waals surface area (Å²) in [7, 11) is 3.73. The summed E-state index contributed by atoms with van der Waals surface area (Å²) >= 11 is 6.43. The molecular weight excluding hydrogens is 340 g/mol. The van der Waals surface area contributed by atoms with Crippen molar-refractivity contribution in [1.29, 1.82) is 0 Å². The number of likely N-dealkylation sites (N-methyl/N-ethyl adjacent to an activating group) is 2. The van der Waals surface area contributed by atoms with Crippen molar-refractivity contribution >= 4 is 34.2 Å². The molecule has 0 saturated carbocycles. The Kier molecular flexibility index (Phi) is 4.69. The first-order valence-corrected chi connectivity index (χ1v) is 8.96. The lowest BCUT2D eigenvalue weighted by Crippen LogP contribution is -2.31. The quantitative estimate of drug-likeness (QED) is 0.557. The third-order valence-corrected chi connectivity index (χ3v) is 5.93. The lowest BCUT2D eigenvalue weighted by atomic mass is 9.95. The molecule has 3 aliphatic rings. The van der Waals surface area contributed by atoms with Gasteiger partial charge in [-0.15, -0.1) is 0 Å². The molecule has 2 aliphatic heterocycles. The highest BCUT2D eigenvalue weighted by Crippen LogP contribution is 2.33. The molecule has 0 radical (unpaired) electrons. The second-order valence-electron chi connectivity index (χ2n) is 6.04. The fourth-order valence-corrected chi connectivity index (χ4v) is 3.89. The van der Waals surface area contributed by atoms with Gasteiger partial charge in [-0.05, 0) is 37.6 Å². The van der Waals surface area contributed by atoms with E-state index in [1.165, 1.54) is 27.8 Å². The van der Waals surface area contributed by atoms with Crippen molar-refractivity contribution in [2.75, 3.05) is 14.1 Å². The number of thiocarbonyl (C=S) groups is 1. The van der Waals surface area contributed by atoms with Gasteiger partial charge in [0.1, 0.15) is 10.4 Å². The van der Waals surface area contributed by atoms with E-state index in [9.17, 15) is 4.79 Å². The number of carbonyl (C=O) groups is 1. The summed E-state index contributed by atoms with van der Waals surface area (Å²) in [5, 5.41) is 0. The molecule has 24 heavy (non-hydrogen) atoms. The van der Waals surface area contributed by atoms with E-state index in [-0.39, 0.29) is 18.1 Å². The Morgan fingerprint density at radius 2 is 1.83 bits per heavy atom. The average Bonchev–Trinajstić information content (AvgIpc) is 2.97. The molecule has 2 unspecified atom stereocenters. The molecule has 3 rings (SSSR count). The topological polar surface area (TPSA) is 32.8 Å². The van der Waals surface area contributed by atoms with Crippen LogP contribution in [0, 0.1) is 0 Å². The summed E-state index contributed by atoms with van der Waals surface area (Å²) in [6, 6.07) is 0.240. The summed E-state index contributed by atoms with van der Waals surface area (Å²) in [6.07, 6.45) is 11.9. The lowest BCUT2D eigenvalue weighted by Gasteiger charge is -2.22. The first-order chi connectivity index (χ1) is 11.4. The van der Waals surface area contributed by atoms with E-state index in [1.807, 2.05) is 25.3 Å². The molecular formula is C18H20N2O2S2. The summed E-state index contributed by atoms with van der Waals surface area (Å²) in [5.74, 6) is 0.775. The zero-order chi connectivity index (χ0) is 17.4. The molecule has 0 aromatic rings. The van der Waals surface area contributed by atoms with Gasteiger partial charge in [-0.3, -0.25) is 9.69 Å². The van der Waals surface area contributed by atoms with E-state index in [0.717, 1.165) is 5.88 Å². The number of fused-ring (bicyclic) bond motifs is 1. The van der Waals surface area contributed by atoms with E-state index in [1.54, 1.807) is 13.1 Å². The highest BCUT2D eigenvalue weighted by atomic mass is 32.2. The van der Waals surface area contributed by atoms with Crippen LogP contribution in [0.5, 0.6) is 0 Å². The summed E-state index contributed by atoms with van der Waals surface area (Å²) in [5.41, 5.74) is 2.56. The Labute approximate surface area is 152 Å². The first-order valence-electron chi connectivity index (χ1n) is 7.73. The maximum absolute atomic E-state index is 11.9. The van der Waals surface area contributed by atoms with E-state index in [4.69, 9.17) is 17.0 Å². The molecule has 6 heteroatoms. The Morgan fingerprint density at radius 1 is 1.17 bits per heavy atom. The smallest absolute Gasteiger partial charge is 0.265 e. The minimum atomic E-state index is -0.0521. The van der Waals surface area contributed by atoms with Gasteiger partial charge in [0.2, 0.25) is 0 Å². The van der Waals surface area contributed by atoms with Crippen LogP contribution < -0.4 is 0 Å². The van der Waals surface area contributed by atoms with Crippen LogP contribution in [0.4, 0.5) is 0 Å². The van der Waals surface area contributed by atoms with Gasteiger partial charge in [0.05, 0.1) is 10.9 Å². The van der Waals surface area contributed by atoms with Gasteiger partial charge in [0.25, 0.3) is 5.91 Å². The molecule has 0 aromatic carbocycles. The normalized spacial score (nSPS) is 30.3. The van der Waals surface area contributed by atoms with Crippen LogP contribution in [-0.4, -0.2) is 46.3 Å². The Morgan fingerprint density at radius 3 is 2.50 bits per heavy atom. The fraction of sp³-hybridized carbons (Fsp3) is 0.333. The molecule has 0 N–H and O–H groups in total. The predicted octanol–water partition coefficient (Wildman–Crippen LogP) is 3.36. The minimum absolute atomic E-state index is 0.0521. The molecule has 4 nitrogen and oxygen atoms in total. The molecule has 2 heterocycles. The van der Waals surface area contributed by atoms with Crippen LogP contribution >= 0.6 is 24.0 Å². The van der Waals surface area contributed by atoms with Crippen molar-refractivity contribution in [2.45, 2.75) is 26.0 Å². The number of hydrogen-bond acceptors (Lipinski definition) is 5. The van der Waals surface area contributed by atoms with Gasteiger partial charge in [-0.2, -0.15) is 0 Å². The van der Waals surface area contributed by atoms with Crippen LogP contribution in [-0.2, 0) is 9.53 Å². The van der Waals surface area contributed by atoms with Crippen molar-refractivity contribution in [3.05, 3.63) is 58.4 Å². The van der Waals surface area contributed by atoms with Gasteiger partial charge in [-0.1, -0.05) is 47.8 Å². The van der Waals surface area contributed by atoms with Gasteiger partial charge in [0, 0.05) is 14.1 Å². The molecule has 1 amide bonds. The lowest BCUT2D eigenvalue weighted by molar-refractivity contribution is -0.121. The zero-order valence-corrected chi connectivity index (χ0v) is 15.8. The Bertz CT molecular complexity index is 746. The van der Waals surface area contributed by atoms with Crippen molar-refractivity contribution < 1.29 is 9.53 Å². The van der Waals surface area contributed by atoms with Gasteiger partial charge < -0.3 is 9.64 Å². The summed E-state index contributed by atoms with van der Waals surface area (Å²) in [6.45, 7) is 4.23. The molecule has 126 valence electrons. The molecule has 2 atom stereocenters. The molecule has 2 saturated heterocycles. The van der Waals surface area contributed by atoms with Gasteiger partial charge in [0.15, 0.2) is 5.88 Å². The van der Waals surface area contributed by atoms with Crippen molar-refractivity contribution in [1.82, 2.24) is 9.80 Å². The molecule has 0 bridgehead atoms. The standard InChI is InChI=1S/C18H20N2O2S2/c1-11-9-13-14(10-12(11)2)22-16(19(13)3)8-6-5-7-15-17(21)20(4)18(23)24-15/h5-10,13-14H,1-4H3/b6-5?,15-7+,16-8?. The van der Waals surface area contributed by atoms with Crippen LogP contribution in [0.3, 0.4) is 0 Å². The maximum Gasteiger partial charge on any atom is 0.265 e. The molecule has 0 aromatic heterocycles. The highest BCUT2D eigenvalue weighted by molar-refractivity contribution is 8.26. The van der Waals surface area contributed by atoms with E-state index >= 15 is 0 Å². The first kappa shape index (κ1) is 17.0. The number of carbonyl (C=O) groups excluding carboxylic acids is 1. The third kappa shape index (κ3) is 3.08. The SMILES string of the molecule is CC1=CC2OC(=CC=C/C=C3/SC(=S)N(C)C3=O)N(C)C2C=C1C. The Balaban J connectivity index is 1.70. The summed E-state index contributed by atoms with van der Waals surface area (Å²) in [4.78, 5) is 16.2. The number of rotatable bonds is 2. The number of hydrogen-bond donors (Lipinski definition) is 0. The van der Waals surface area contributed by atoms with Gasteiger partial charge >= 0.3 is 0 Å². The number of allylic oxidation sites excluding steroid dienone is 6. The molecule has 2 fully saturated rings. The van der Waals surface area contributed by atoms with Crippen molar-refractivity contribution in [3.63, 3.8) is 0 Å². The number of thioether (sulfide) groups is 1. The molecule has 1 aliphatic carbocycles. The molecule has 0 spiro atoms. The zero-order valence-electron chi connectivity index (χ0n) is 14.1. The number of ether oxygens (including phenoxy) is 1.